The minimum atomic E-state index is 0.240. The first-order valence-corrected chi connectivity index (χ1v) is 6.03. The van der Waals surface area contributed by atoms with Crippen LogP contribution in [0.4, 0.5) is 5.82 Å². The van der Waals surface area contributed by atoms with Crippen LogP contribution < -0.4 is 10.6 Å². The second kappa shape index (κ2) is 4.00. The van der Waals surface area contributed by atoms with Crippen molar-refractivity contribution in [2.45, 2.75) is 19.4 Å². The van der Waals surface area contributed by atoms with E-state index in [0.717, 1.165) is 30.8 Å². The maximum atomic E-state index is 6.08. The van der Waals surface area contributed by atoms with Crippen LogP contribution in [0.25, 0.3) is 5.52 Å². The SMILES string of the molecule is CC1CC(N)CN(c2nccn3nccc23)C1. The fourth-order valence-electron chi connectivity index (χ4n) is 2.66. The lowest BCUT2D eigenvalue weighted by atomic mass is 9.96. The Morgan fingerprint density at radius 2 is 2.24 bits per heavy atom. The summed E-state index contributed by atoms with van der Waals surface area (Å²) in [5.74, 6) is 1.61. The van der Waals surface area contributed by atoms with Gasteiger partial charge in [-0.05, 0) is 18.4 Å². The van der Waals surface area contributed by atoms with E-state index in [0.29, 0.717) is 5.92 Å². The van der Waals surface area contributed by atoms with Crippen LogP contribution in [0, 0.1) is 5.92 Å². The van der Waals surface area contributed by atoms with E-state index in [1.54, 1.807) is 12.4 Å². The van der Waals surface area contributed by atoms with Gasteiger partial charge in [0, 0.05) is 31.5 Å². The molecule has 1 aliphatic heterocycles. The van der Waals surface area contributed by atoms with E-state index in [-0.39, 0.29) is 6.04 Å². The number of piperidine rings is 1. The van der Waals surface area contributed by atoms with E-state index >= 15 is 0 Å². The first-order chi connectivity index (χ1) is 8.24. The summed E-state index contributed by atoms with van der Waals surface area (Å²) in [6.45, 7) is 4.14. The maximum Gasteiger partial charge on any atom is 0.154 e. The first-order valence-electron chi connectivity index (χ1n) is 6.03. The summed E-state index contributed by atoms with van der Waals surface area (Å²) < 4.78 is 1.85. The molecule has 90 valence electrons. The third-order valence-corrected chi connectivity index (χ3v) is 3.30. The zero-order valence-electron chi connectivity index (χ0n) is 9.95. The van der Waals surface area contributed by atoms with Gasteiger partial charge in [0.2, 0.25) is 0 Å². The minimum Gasteiger partial charge on any atom is -0.353 e. The Bertz CT molecular complexity index is 510. The molecule has 0 radical (unpaired) electrons. The summed E-state index contributed by atoms with van der Waals surface area (Å²) >= 11 is 0. The smallest absolute Gasteiger partial charge is 0.154 e. The Balaban J connectivity index is 2.00. The van der Waals surface area contributed by atoms with Crippen molar-refractivity contribution in [3.8, 4) is 0 Å². The highest BCUT2D eigenvalue weighted by molar-refractivity contribution is 5.68. The number of nitrogens with two attached hydrogens (primary N) is 1. The van der Waals surface area contributed by atoms with Gasteiger partial charge in [0.15, 0.2) is 5.82 Å². The molecule has 2 atom stereocenters. The van der Waals surface area contributed by atoms with Gasteiger partial charge in [-0.25, -0.2) is 9.50 Å². The zero-order valence-corrected chi connectivity index (χ0v) is 9.95. The molecule has 17 heavy (non-hydrogen) atoms. The van der Waals surface area contributed by atoms with E-state index in [1.807, 2.05) is 16.8 Å². The number of aromatic nitrogens is 3. The summed E-state index contributed by atoms with van der Waals surface area (Å²) in [7, 11) is 0. The van der Waals surface area contributed by atoms with Crippen LogP contribution in [0.5, 0.6) is 0 Å². The summed E-state index contributed by atoms with van der Waals surface area (Å²) in [6, 6.07) is 2.23. The molecular formula is C12H17N5. The van der Waals surface area contributed by atoms with Crippen molar-refractivity contribution < 1.29 is 0 Å². The molecular weight excluding hydrogens is 214 g/mol. The van der Waals surface area contributed by atoms with Gasteiger partial charge >= 0.3 is 0 Å². The minimum absolute atomic E-state index is 0.240. The molecule has 1 fully saturated rings. The van der Waals surface area contributed by atoms with Crippen molar-refractivity contribution in [3.63, 3.8) is 0 Å². The Kier molecular flexibility index (Phi) is 2.48. The van der Waals surface area contributed by atoms with Crippen LogP contribution in [-0.2, 0) is 0 Å². The molecule has 0 spiro atoms. The van der Waals surface area contributed by atoms with Crippen molar-refractivity contribution in [1.82, 2.24) is 14.6 Å². The van der Waals surface area contributed by atoms with Crippen LogP contribution in [0.3, 0.4) is 0 Å². The molecule has 5 heteroatoms. The van der Waals surface area contributed by atoms with Crippen LogP contribution >= 0.6 is 0 Å². The lowest BCUT2D eigenvalue weighted by Crippen LogP contribution is -2.46. The van der Waals surface area contributed by atoms with Gasteiger partial charge in [-0.3, -0.25) is 0 Å². The van der Waals surface area contributed by atoms with E-state index in [9.17, 15) is 0 Å². The molecule has 5 nitrogen and oxygen atoms in total. The molecule has 3 heterocycles. The Labute approximate surface area is 100 Å². The monoisotopic (exact) mass is 231 g/mol. The van der Waals surface area contributed by atoms with Crippen LogP contribution in [0.15, 0.2) is 24.7 Å². The molecule has 2 N–H and O–H groups in total. The fourth-order valence-corrected chi connectivity index (χ4v) is 2.66. The summed E-state index contributed by atoms with van der Waals surface area (Å²) in [5.41, 5.74) is 7.13. The third kappa shape index (κ3) is 1.86. The van der Waals surface area contributed by atoms with Crippen LogP contribution in [-0.4, -0.2) is 33.7 Å². The number of fused-ring (bicyclic) bond motifs is 1. The third-order valence-electron chi connectivity index (χ3n) is 3.30. The molecule has 0 aromatic carbocycles. The van der Waals surface area contributed by atoms with Gasteiger partial charge in [-0.1, -0.05) is 6.92 Å². The highest BCUT2D eigenvalue weighted by Crippen LogP contribution is 2.24. The van der Waals surface area contributed by atoms with E-state index < -0.39 is 0 Å². The second-order valence-corrected chi connectivity index (χ2v) is 4.92. The maximum absolute atomic E-state index is 6.08. The quantitative estimate of drug-likeness (QED) is 0.792. The number of anilines is 1. The molecule has 2 unspecified atom stereocenters. The Morgan fingerprint density at radius 1 is 1.35 bits per heavy atom. The molecule has 0 amide bonds. The highest BCUT2D eigenvalue weighted by Gasteiger charge is 2.24. The largest absolute Gasteiger partial charge is 0.353 e. The summed E-state index contributed by atoms with van der Waals surface area (Å²) in [6.07, 6.45) is 6.55. The van der Waals surface area contributed by atoms with Crippen molar-refractivity contribution in [2.24, 2.45) is 11.7 Å². The van der Waals surface area contributed by atoms with Gasteiger partial charge < -0.3 is 10.6 Å². The lowest BCUT2D eigenvalue weighted by molar-refractivity contribution is 0.400. The predicted octanol–water partition coefficient (Wildman–Crippen LogP) is 0.903. The molecule has 0 saturated carbocycles. The van der Waals surface area contributed by atoms with E-state index in [2.05, 4.69) is 21.9 Å². The van der Waals surface area contributed by atoms with Gasteiger partial charge in [0.1, 0.15) is 5.52 Å². The number of hydrogen-bond donors (Lipinski definition) is 1. The van der Waals surface area contributed by atoms with Gasteiger partial charge in [-0.2, -0.15) is 5.10 Å². The number of hydrogen-bond acceptors (Lipinski definition) is 4. The summed E-state index contributed by atoms with van der Waals surface area (Å²) in [4.78, 5) is 6.75. The topological polar surface area (TPSA) is 59.5 Å². The molecule has 0 bridgehead atoms. The van der Waals surface area contributed by atoms with Crippen molar-refractivity contribution in [1.29, 1.82) is 0 Å². The number of rotatable bonds is 1. The van der Waals surface area contributed by atoms with E-state index in [1.165, 1.54) is 0 Å². The molecule has 3 rings (SSSR count). The Morgan fingerprint density at radius 3 is 3.06 bits per heavy atom. The van der Waals surface area contributed by atoms with Crippen molar-refractivity contribution in [3.05, 3.63) is 24.7 Å². The molecule has 0 aliphatic carbocycles. The first kappa shape index (κ1) is 10.5. The van der Waals surface area contributed by atoms with Gasteiger partial charge in [-0.15, -0.1) is 0 Å². The molecule has 2 aromatic heterocycles. The molecule has 1 saturated heterocycles. The van der Waals surface area contributed by atoms with Crippen molar-refractivity contribution in [2.75, 3.05) is 18.0 Å². The highest BCUT2D eigenvalue weighted by atomic mass is 15.3. The predicted molar refractivity (Wildman–Crippen MR) is 67.0 cm³/mol. The van der Waals surface area contributed by atoms with Gasteiger partial charge in [0.25, 0.3) is 0 Å². The summed E-state index contributed by atoms with van der Waals surface area (Å²) in [5, 5.41) is 4.23. The van der Waals surface area contributed by atoms with E-state index in [4.69, 9.17) is 5.73 Å². The van der Waals surface area contributed by atoms with Crippen LogP contribution in [0.2, 0.25) is 0 Å². The Hall–Kier alpha value is -1.62. The average molecular weight is 231 g/mol. The van der Waals surface area contributed by atoms with Crippen molar-refractivity contribution >= 4 is 11.3 Å². The average Bonchev–Trinajstić information content (AvgIpc) is 2.75. The standard InChI is InChI=1S/C12H17N5/c1-9-6-10(13)8-16(7-9)12-11-2-3-15-17(11)5-4-14-12/h2-5,9-10H,6-8,13H2,1H3. The number of nitrogens with zero attached hydrogens (tertiary/aromatic N) is 4. The fraction of sp³-hybridized carbons (Fsp3) is 0.500. The van der Waals surface area contributed by atoms with Crippen LogP contribution in [0.1, 0.15) is 13.3 Å². The van der Waals surface area contributed by atoms with Gasteiger partial charge in [0.05, 0.1) is 6.20 Å². The second-order valence-electron chi connectivity index (χ2n) is 4.92. The lowest BCUT2D eigenvalue weighted by Gasteiger charge is -2.35. The molecule has 1 aliphatic rings. The molecule has 2 aromatic rings. The normalized spacial score (nSPS) is 25.4. The zero-order chi connectivity index (χ0) is 11.8.